The molecule has 0 fully saturated rings. The number of rotatable bonds is 3. The van der Waals surface area contributed by atoms with Crippen LogP contribution in [0.2, 0.25) is 0 Å². The summed E-state index contributed by atoms with van der Waals surface area (Å²) >= 11 is 2.91. The van der Waals surface area contributed by atoms with Gasteiger partial charge in [-0.3, -0.25) is 0 Å². The summed E-state index contributed by atoms with van der Waals surface area (Å²) in [7, 11) is 0. The van der Waals surface area contributed by atoms with Crippen molar-refractivity contribution in [2.45, 2.75) is 12.5 Å². The quantitative estimate of drug-likeness (QED) is 0.748. The fraction of sp³-hybridized carbons (Fsp3) is 0.333. The van der Waals surface area contributed by atoms with E-state index in [-0.39, 0.29) is 41.2 Å². The summed E-state index contributed by atoms with van der Waals surface area (Å²) in [6, 6.07) is 0.0329. The monoisotopic (exact) mass is 316 g/mol. The third-order valence-corrected chi connectivity index (χ3v) is 2.63. The lowest BCUT2D eigenvalue weighted by molar-refractivity contribution is 0.424. The third-order valence-electron chi connectivity index (χ3n) is 2.03. The molecule has 0 spiro atoms. The van der Waals surface area contributed by atoms with Crippen LogP contribution in [0.15, 0.2) is 10.5 Å². The fourth-order valence-electron chi connectivity index (χ4n) is 1.27. The van der Waals surface area contributed by atoms with Crippen molar-refractivity contribution in [3.63, 3.8) is 0 Å². The Hall–Kier alpha value is -0.430. The zero-order valence-corrected chi connectivity index (χ0v) is 10.6. The molecule has 0 amide bonds. The van der Waals surface area contributed by atoms with Crippen LogP contribution in [0.5, 0.6) is 5.75 Å². The molecule has 0 aliphatic rings. The van der Waals surface area contributed by atoms with Gasteiger partial charge in [-0.1, -0.05) is 0 Å². The van der Waals surface area contributed by atoms with Crippen LogP contribution in [0, 0.1) is 11.6 Å². The van der Waals surface area contributed by atoms with Gasteiger partial charge in [0.2, 0.25) is 0 Å². The minimum atomic E-state index is -1.13. The Morgan fingerprint density at radius 3 is 2.50 bits per heavy atom. The van der Waals surface area contributed by atoms with Gasteiger partial charge in [-0.15, -0.1) is 12.4 Å². The SMILES string of the molecule is Cl.NCC[C@H](N)c1c(O)c(Br)cc(F)c1F. The van der Waals surface area contributed by atoms with Crippen LogP contribution < -0.4 is 11.5 Å². The summed E-state index contributed by atoms with van der Waals surface area (Å²) in [5.74, 6) is -2.56. The first-order valence-electron chi connectivity index (χ1n) is 4.31. The van der Waals surface area contributed by atoms with Crippen molar-refractivity contribution in [2.24, 2.45) is 11.5 Å². The maximum atomic E-state index is 13.3. The predicted octanol–water partition coefficient (Wildman–Crippen LogP) is 2.20. The average molecular weight is 318 g/mol. The summed E-state index contributed by atoms with van der Waals surface area (Å²) in [5, 5.41) is 9.53. The predicted molar refractivity (Wildman–Crippen MR) is 63.6 cm³/mol. The van der Waals surface area contributed by atoms with Crippen molar-refractivity contribution in [1.82, 2.24) is 0 Å². The van der Waals surface area contributed by atoms with Crippen LogP contribution in [-0.2, 0) is 0 Å². The molecule has 0 aliphatic carbocycles. The topological polar surface area (TPSA) is 72.3 Å². The summed E-state index contributed by atoms with van der Waals surface area (Å²) in [6.07, 6.45) is 0.264. The van der Waals surface area contributed by atoms with Crippen LogP contribution in [0.4, 0.5) is 8.78 Å². The number of halogens is 4. The number of phenolic OH excluding ortho intramolecular Hbond substituents is 1. The fourth-order valence-corrected chi connectivity index (χ4v) is 1.68. The highest BCUT2D eigenvalue weighted by Gasteiger charge is 2.21. The van der Waals surface area contributed by atoms with Crippen molar-refractivity contribution in [1.29, 1.82) is 0 Å². The molecule has 1 rings (SSSR count). The maximum absolute atomic E-state index is 13.3. The van der Waals surface area contributed by atoms with E-state index in [9.17, 15) is 13.9 Å². The van der Waals surface area contributed by atoms with E-state index in [0.29, 0.717) is 0 Å². The molecule has 0 aromatic heterocycles. The van der Waals surface area contributed by atoms with Gasteiger partial charge in [-0.25, -0.2) is 8.78 Å². The summed E-state index contributed by atoms with van der Waals surface area (Å²) < 4.78 is 26.4. The Labute approximate surface area is 106 Å². The summed E-state index contributed by atoms with van der Waals surface area (Å²) in [4.78, 5) is 0. The molecular weight excluding hydrogens is 305 g/mol. The zero-order valence-electron chi connectivity index (χ0n) is 8.21. The molecular formula is C9H12BrClF2N2O. The maximum Gasteiger partial charge on any atom is 0.167 e. The molecule has 3 nitrogen and oxygen atoms in total. The minimum absolute atomic E-state index is 0. The lowest BCUT2D eigenvalue weighted by Gasteiger charge is -2.14. The van der Waals surface area contributed by atoms with Crippen LogP contribution in [0.1, 0.15) is 18.0 Å². The third kappa shape index (κ3) is 3.04. The normalized spacial score (nSPS) is 12.1. The van der Waals surface area contributed by atoms with E-state index in [0.717, 1.165) is 6.07 Å². The second kappa shape index (κ2) is 6.34. The van der Waals surface area contributed by atoms with E-state index in [1.54, 1.807) is 0 Å². The molecule has 0 saturated carbocycles. The molecule has 0 unspecified atom stereocenters. The van der Waals surface area contributed by atoms with Crippen LogP contribution in [0.25, 0.3) is 0 Å². The van der Waals surface area contributed by atoms with E-state index in [4.69, 9.17) is 11.5 Å². The Balaban J connectivity index is 0.00000225. The van der Waals surface area contributed by atoms with Gasteiger partial charge >= 0.3 is 0 Å². The summed E-state index contributed by atoms with van der Waals surface area (Å²) in [5.41, 5.74) is 10.6. The highest BCUT2D eigenvalue weighted by molar-refractivity contribution is 9.10. The highest BCUT2D eigenvalue weighted by Crippen LogP contribution is 2.35. The number of phenols is 1. The van der Waals surface area contributed by atoms with Gasteiger partial charge in [0.25, 0.3) is 0 Å². The Morgan fingerprint density at radius 2 is 2.00 bits per heavy atom. The molecule has 16 heavy (non-hydrogen) atoms. The van der Waals surface area contributed by atoms with Gasteiger partial charge in [-0.05, 0) is 35.0 Å². The molecule has 7 heteroatoms. The number of aromatic hydroxyl groups is 1. The van der Waals surface area contributed by atoms with Gasteiger partial charge in [-0.2, -0.15) is 0 Å². The van der Waals surface area contributed by atoms with Crippen LogP contribution >= 0.6 is 28.3 Å². The largest absolute Gasteiger partial charge is 0.506 e. The first-order chi connectivity index (χ1) is 6.99. The smallest absolute Gasteiger partial charge is 0.167 e. The van der Waals surface area contributed by atoms with Gasteiger partial charge in [0.15, 0.2) is 11.6 Å². The Morgan fingerprint density at radius 1 is 1.44 bits per heavy atom. The van der Waals surface area contributed by atoms with Crippen molar-refractivity contribution < 1.29 is 13.9 Å². The standard InChI is InChI=1S/C9H11BrF2N2O.ClH/c10-4-3-5(11)8(12)7(9(4)15)6(14)1-2-13;/h3,6,15H,1-2,13-14H2;1H/t6-;/m0./s1. The van der Waals surface area contributed by atoms with Crippen LogP contribution in [0.3, 0.4) is 0 Å². The van der Waals surface area contributed by atoms with E-state index in [2.05, 4.69) is 15.9 Å². The molecule has 0 heterocycles. The average Bonchev–Trinajstić information content (AvgIpc) is 2.16. The lowest BCUT2D eigenvalue weighted by atomic mass is 10.0. The van der Waals surface area contributed by atoms with E-state index in [1.807, 2.05) is 0 Å². The lowest BCUT2D eigenvalue weighted by Crippen LogP contribution is -2.17. The zero-order chi connectivity index (χ0) is 11.6. The second-order valence-corrected chi connectivity index (χ2v) is 3.95. The molecule has 0 bridgehead atoms. The molecule has 1 atom stereocenters. The molecule has 0 radical (unpaired) electrons. The second-order valence-electron chi connectivity index (χ2n) is 3.10. The Bertz CT molecular complexity index is 353. The molecule has 0 saturated heterocycles. The van der Waals surface area contributed by atoms with Crippen molar-refractivity contribution >= 4 is 28.3 Å². The van der Waals surface area contributed by atoms with Gasteiger partial charge < -0.3 is 16.6 Å². The van der Waals surface area contributed by atoms with E-state index in [1.165, 1.54) is 0 Å². The first-order valence-corrected chi connectivity index (χ1v) is 5.10. The molecule has 1 aromatic carbocycles. The van der Waals surface area contributed by atoms with E-state index < -0.39 is 17.7 Å². The number of nitrogens with two attached hydrogens (primary N) is 2. The highest BCUT2D eigenvalue weighted by atomic mass is 79.9. The van der Waals surface area contributed by atoms with Gasteiger partial charge in [0.1, 0.15) is 5.75 Å². The number of benzene rings is 1. The Kier molecular flexibility index (Phi) is 6.17. The first kappa shape index (κ1) is 15.6. The number of hydrogen-bond acceptors (Lipinski definition) is 3. The molecule has 0 aliphatic heterocycles. The van der Waals surface area contributed by atoms with Gasteiger partial charge in [0.05, 0.1) is 10.0 Å². The summed E-state index contributed by atoms with van der Waals surface area (Å²) in [6.45, 7) is 0.230. The molecule has 5 N–H and O–H groups in total. The van der Waals surface area contributed by atoms with Crippen molar-refractivity contribution in [3.05, 3.63) is 27.7 Å². The van der Waals surface area contributed by atoms with Crippen molar-refractivity contribution in [3.8, 4) is 5.75 Å². The molecule has 92 valence electrons. The van der Waals surface area contributed by atoms with Crippen LogP contribution in [-0.4, -0.2) is 11.7 Å². The van der Waals surface area contributed by atoms with Crippen molar-refractivity contribution in [2.75, 3.05) is 6.54 Å². The minimum Gasteiger partial charge on any atom is -0.506 e. The molecule has 1 aromatic rings. The number of hydrogen-bond donors (Lipinski definition) is 3. The van der Waals surface area contributed by atoms with Gasteiger partial charge in [0, 0.05) is 6.04 Å². The van der Waals surface area contributed by atoms with E-state index >= 15 is 0 Å².